The minimum Gasteiger partial charge on any atom is -0.465 e. The van der Waals surface area contributed by atoms with Gasteiger partial charge in [0.15, 0.2) is 12.5 Å². The van der Waals surface area contributed by atoms with Crippen LogP contribution in [0.25, 0.3) is 12.2 Å². The Hall–Kier alpha value is -1.63. The van der Waals surface area contributed by atoms with Gasteiger partial charge in [-0.25, -0.2) is 4.79 Å². The molecule has 0 aliphatic rings. The lowest BCUT2D eigenvalue weighted by molar-refractivity contribution is 0.0500. The number of esters is 1. The minimum absolute atomic E-state index is 0.174. The third-order valence-electron chi connectivity index (χ3n) is 3.21. The average molecular weight is 470 g/mol. The van der Waals surface area contributed by atoms with Gasteiger partial charge in [0.25, 0.3) is 0 Å². The number of ether oxygens (including phenoxy) is 3. The van der Waals surface area contributed by atoms with E-state index in [1.165, 1.54) is 0 Å². The van der Waals surface area contributed by atoms with Crippen molar-refractivity contribution in [2.45, 2.75) is 6.92 Å². The summed E-state index contributed by atoms with van der Waals surface area (Å²) < 4.78 is 17.1. The number of hydrogen-bond donors (Lipinski definition) is 0. The smallest absolute Gasteiger partial charge is 0.338 e. The normalized spacial score (nSPS) is 10.9. The summed E-state index contributed by atoms with van der Waals surface area (Å²) >= 11 is 6.99. The van der Waals surface area contributed by atoms with Gasteiger partial charge in [-0.1, -0.05) is 24.3 Å². The van der Waals surface area contributed by atoms with Crippen LogP contribution in [0.5, 0.6) is 5.75 Å². The van der Waals surface area contributed by atoms with Crippen LogP contribution < -0.4 is 4.74 Å². The molecule has 0 spiro atoms. The number of carbonyl (C=O) groups excluding carboxylic acids is 1. The van der Waals surface area contributed by atoms with Crippen LogP contribution in [0.3, 0.4) is 0 Å². The zero-order valence-electron chi connectivity index (χ0n) is 13.9. The topological polar surface area (TPSA) is 44.8 Å². The fourth-order valence-electron chi connectivity index (χ4n) is 2.11. The maximum Gasteiger partial charge on any atom is 0.338 e. The molecule has 25 heavy (non-hydrogen) atoms. The molecule has 0 saturated carbocycles. The van der Waals surface area contributed by atoms with Crippen molar-refractivity contribution in [3.05, 3.63) is 62.0 Å². The molecule has 0 N–H and O–H groups in total. The lowest BCUT2D eigenvalue weighted by Gasteiger charge is -2.10. The molecule has 6 heteroatoms. The second kappa shape index (κ2) is 9.75. The molecule has 2 aromatic carbocycles. The van der Waals surface area contributed by atoms with Crippen LogP contribution in [0.15, 0.2) is 45.3 Å². The first kappa shape index (κ1) is 19.7. The summed E-state index contributed by atoms with van der Waals surface area (Å²) in [5, 5.41) is 0. The Morgan fingerprint density at radius 2 is 1.76 bits per heavy atom. The zero-order valence-corrected chi connectivity index (χ0v) is 17.1. The van der Waals surface area contributed by atoms with E-state index in [2.05, 4.69) is 31.9 Å². The molecule has 0 amide bonds. The quantitative estimate of drug-likeness (QED) is 0.303. The molecule has 0 atom stereocenters. The molecule has 132 valence electrons. The molecule has 0 aliphatic carbocycles. The van der Waals surface area contributed by atoms with Gasteiger partial charge in [0.05, 0.1) is 21.1 Å². The van der Waals surface area contributed by atoms with Crippen LogP contribution in [0.2, 0.25) is 0 Å². The van der Waals surface area contributed by atoms with Crippen LogP contribution in [0.4, 0.5) is 0 Å². The molecule has 0 aliphatic heterocycles. The first-order valence-corrected chi connectivity index (χ1v) is 9.19. The Balaban J connectivity index is 2.19. The minimum atomic E-state index is -0.317. The van der Waals surface area contributed by atoms with Crippen molar-refractivity contribution in [3.8, 4) is 5.75 Å². The van der Waals surface area contributed by atoms with Gasteiger partial charge in [0.1, 0.15) is 0 Å². The van der Waals surface area contributed by atoms with Crippen molar-refractivity contribution < 1.29 is 19.0 Å². The Labute approximate surface area is 164 Å². The van der Waals surface area contributed by atoms with E-state index in [-0.39, 0.29) is 12.8 Å². The van der Waals surface area contributed by atoms with Crippen molar-refractivity contribution in [2.24, 2.45) is 0 Å². The monoisotopic (exact) mass is 468 g/mol. The fourth-order valence-corrected chi connectivity index (χ4v) is 3.56. The highest BCUT2D eigenvalue weighted by Gasteiger charge is 2.08. The third-order valence-corrected chi connectivity index (χ3v) is 4.39. The van der Waals surface area contributed by atoms with Crippen molar-refractivity contribution in [3.63, 3.8) is 0 Å². The van der Waals surface area contributed by atoms with Crippen LogP contribution in [-0.2, 0) is 9.47 Å². The molecule has 0 heterocycles. The molecule has 0 fully saturated rings. The van der Waals surface area contributed by atoms with Crippen LogP contribution >= 0.6 is 31.9 Å². The summed E-state index contributed by atoms with van der Waals surface area (Å²) in [7, 11) is 1.57. The summed E-state index contributed by atoms with van der Waals surface area (Å²) in [5.74, 6) is 0.367. The second-order valence-corrected chi connectivity index (χ2v) is 6.75. The molecule has 2 aromatic rings. The number of rotatable bonds is 7. The molecular weight excluding hydrogens is 452 g/mol. The summed E-state index contributed by atoms with van der Waals surface area (Å²) in [6.45, 7) is 2.32. The van der Waals surface area contributed by atoms with E-state index < -0.39 is 0 Å². The summed E-state index contributed by atoms with van der Waals surface area (Å²) in [5.41, 5.74) is 2.43. The number of hydrogen-bond acceptors (Lipinski definition) is 4. The molecule has 0 unspecified atom stereocenters. The molecule has 0 aromatic heterocycles. The first-order chi connectivity index (χ1) is 12.0. The number of methoxy groups -OCH3 is 1. The highest BCUT2D eigenvalue weighted by atomic mass is 79.9. The van der Waals surface area contributed by atoms with Gasteiger partial charge in [0.2, 0.25) is 0 Å². The number of benzene rings is 2. The number of halogens is 2. The van der Waals surface area contributed by atoms with Crippen LogP contribution in [0, 0.1) is 0 Å². The first-order valence-electron chi connectivity index (χ1n) is 7.61. The molecule has 0 saturated heterocycles. The Morgan fingerprint density at radius 3 is 2.40 bits per heavy atom. The molecule has 4 nitrogen and oxygen atoms in total. The third kappa shape index (κ3) is 5.70. The zero-order chi connectivity index (χ0) is 18.2. The van der Waals surface area contributed by atoms with Gasteiger partial charge in [-0.3, -0.25) is 0 Å². The van der Waals surface area contributed by atoms with Gasteiger partial charge >= 0.3 is 5.97 Å². The van der Waals surface area contributed by atoms with Crippen LogP contribution in [0.1, 0.15) is 28.4 Å². The fraction of sp³-hybridized carbons (Fsp3) is 0.211. The van der Waals surface area contributed by atoms with Gasteiger partial charge in [0, 0.05) is 7.11 Å². The summed E-state index contributed by atoms with van der Waals surface area (Å²) in [6.07, 6.45) is 3.90. The van der Waals surface area contributed by atoms with Crippen molar-refractivity contribution in [2.75, 3.05) is 20.5 Å². The van der Waals surface area contributed by atoms with Gasteiger partial charge in [-0.05, 0) is 74.2 Å². The lowest BCUT2D eigenvalue weighted by atomic mass is 10.1. The highest BCUT2D eigenvalue weighted by Crippen LogP contribution is 2.35. The standard InChI is InChI=1S/C19H18Br2O4/c1-3-24-19(22)15-6-4-5-13(9-15)7-8-14-10-16(20)18(17(21)11-14)25-12-23-2/h4-11H,3,12H2,1-2H3/b8-7+. The molecule has 2 rings (SSSR count). The van der Waals surface area contributed by atoms with Gasteiger partial charge in [-0.15, -0.1) is 0 Å². The molecular formula is C19H18Br2O4. The second-order valence-electron chi connectivity index (χ2n) is 5.04. The van der Waals surface area contributed by atoms with E-state index in [4.69, 9.17) is 14.2 Å². The van der Waals surface area contributed by atoms with E-state index >= 15 is 0 Å². The van der Waals surface area contributed by atoms with Crippen molar-refractivity contribution in [1.82, 2.24) is 0 Å². The number of carbonyl (C=O) groups is 1. The predicted molar refractivity (Wildman–Crippen MR) is 106 cm³/mol. The maximum atomic E-state index is 11.8. The van der Waals surface area contributed by atoms with E-state index in [1.807, 2.05) is 36.4 Å². The van der Waals surface area contributed by atoms with E-state index in [9.17, 15) is 4.79 Å². The maximum absolute atomic E-state index is 11.8. The molecule has 0 radical (unpaired) electrons. The largest absolute Gasteiger partial charge is 0.465 e. The van der Waals surface area contributed by atoms with Crippen molar-refractivity contribution >= 4 is 50.0 Å². The SMILES string of the molecule is CCOC(=O)c1cccc(/C=C/c2cc(Br)c(OCOC)c(Br)c2)c1. The molecule has 0 bridgehead atoms. The van der Waals surface area contributed by atoms with Gasteiger partial charge < -0.3 is 14.2 Å². The predicted octanol–water partition coefficient (Wildman–Crippen LogP) is 5.54. The summed E-state index contributed by atoms with van der Waals surface area (Å²) in [4.78, 5) is 11.8. The van der Waals surface area contributed by atoms with Crippen LogP contribution in [-0.4, -0.2) is 26.5 Å². The lowest BCUT2D eigenvalue weighted by Crippen LogP contribution is -2.04. The van der Waals surface area contributed by atoms with E-state index in [0.717, 1.165) is 20.1 Å². The van der Waals surface area contributed by atoms with E-state index in [0.29, 0.717) is 17.9 Å². The Kier molecular flexibility index (Phi) is 7.68. The van der Waals surface area contributed by atoms with Gasteiger partial charge in [-0.2, -0.15) is 0 Å². The van der Waals surface area contributed by atoms with Crippen molar-refractivity contribution in [1.29, 1.82) is 0 Å². The van der Waals surface area contributed by atoms with E-state index in [1.54, 1.807) is 26.2 Å². The average Bonchev–Trinajstić information content (AvgIpc) is 2.60. The Morgan fingerprint density at radius 1 is 1.08 bits per heavy atom. The Bertz CT molecular complexity index is 749. The highest BCUT2D eigenvalue weighted by molar-refractivity contribution is 9.11. The summed E-state index contributed by atoms with van der Waals surface area (Å²) in [6, 6.07) is 11.2.